The van der Waals surface area contributed by atoms with Gasteiger partial charge in [-0.1, -0.05) is 6.42 Å². The van der Waals surface area contributed by atoms with Crippen LogP contribution in [0.2, 0.25) is 0 Å². The number of esters is 1. The Kier molecular flexibility index (Phi) is 6.53. The molecule has 5 nitrogen and oxygen atoms in total. The summed E-state index contributed by atoms with van der Waals surface area (Å²) in [6, 6.07) is 5.73. The highest BCUT2D eigenvalue weighted by Crippen LogP contribution is 2.41. The molecule has 6 heteroatoms. The smallest absolute Gasteiger partial charge is 0.349 e. The van der Waals surface area contributed by atoms with Crippen molar-refractivity contribution in [1.82, 2.24) is 0 Å². The van der Waals surface area contributed by atoms with Crippen LogP contribution in [0, 0.1) is 39.9 Å². The average molecular weight is 301 g/mol. The number of allylic oxidation sites excluding steroid dienone is 3. The quantitative estimate of drug-likeness (QED) is 0.451. The molecule has 1 rings (SSSR count). The maximum Gasteiger partial charge on any atom is 0.349 e. The number of nitrogens with zero attached hydrogens (tertiary/aromatic N) is 3. The molecule has 1 aliphatic carbocycles. The Morgan fingerprint density at radius 3 is 2.38 bits per heavy atom. The fourth-order valence-corrected chi connectivity index (χ4v) is 3.37. The van der Waals surface area contributed by atoms with Gasteiger partial charge in [-0.15, -0.1) is 11.8 Å². The minimum Gasteiger partial charge on any atom is -0.465 e. The second kappa shape index (κ2) is 8.15. The van der Waals surface area contributed by atoms with Crippen molar-refractivity contribution in [2.45, 2.75) is 25.7 Å². The van der Waals surface area contributed by atoms with E-state index in [1.807, 2.05) is 18.2 Å². The maximum absolute atomic E-state index is 11.7. The summed E-state index contributed by atoms with van der Waals surface area (Å²) in [6.07, 6.45) is 4.98. The van der Waals surface area contributed by atoms with Crippen LogP contribution in [0.3, 0.4) is 0 Å². The molecule has 0 spiro atoms. The normalized spacial score (nSPS) is 18.6. The topological polar surface area (TPSA) is 97.7 Å². The van der Waals surface area contributed by atoms with Gasteiger partial charge in [0.15, 0.2) is 0 Å². The van der Waals surface area contributed by atoms with Gasteiger partial charge in [0.1, 0.15) is 29.4 Å². The largest absolute Gasteiger partial charge is 0.465 e. The van der Waals surface area contributed by atoms with Crippen LogP contribution in [0.15, 0.2) is 21.6 Å². The van der Waals surface area contributed by atoms with E-state index in [9.17, 15) is 10.1 Å². The Bertz CT molecular complexity index is 598. The summed E-state index contributed by atoms with van der Waals surface area (Å²) in [7, 11) is 1.23. The van der Waals surface area contributed by atoms with E-state index in [0.717, 1.165) is 24.8 Å². The SMILES string of the molecule is COC(=O)/C(C#N)=C(/SC)[C@@H]1CCCCC1=C(C#N)C#N. The van der Waals surface area contributed by atoms with E-state index in [0.29, 0.717) is 11.3 Å². The van der Waals surface area contributed by atoms with E-state index in [1.165, 1.54) is 18.9 Å². The molecule has 21 heavy (non-hydrogen) atoms. The minimum atomic E-state index is -0.678. The zero-order valence-corrected chi connectivity index (χ0v) is 12.8. The summed E-state index contributed by atoms with van der Waals surface area (Å²) in [4.78, 5) is 12.3. The van der Waals surface area contributed by atoms with Gasteiger partial charge in [-0.2, -0.15) is 15.8 Å². The number of hydrogen-bond acceptors (Lipinski definition) is 6. The molecule has 0 aromatic carbocycles. The molecule has 0 aromatic heterocycles. The number of hydrogen-bond donors (Lipinski definition) is 0. The second-order valence-electron chi connectivity index (χ2n) is 4.47. The lowest BCUT2D eigenvalue weighted by Crippen LogP contribution is -2.17. The molecule has 1 aliphatic rings. The highest BCUT2D eigenvalue weighted by Gasteiger charge is 2.29. The molecule has 108 valence electrons. The molecule has 0 aliphatic heterocycles. The third kappa shape index (κ3) is 3.66. The van der Waals surface area contributed by atoms with Crippen LogP contribution >= 0.6 is 11.8 Å². The van der Waals surface area contributed by atoms with Crippen LogP contribution in [-0.4, -0.2) is 19.3 Å². The van der Waals surface area contributed by atoms with Crippen molar-refractivity contribution >= 4 is 17.7 Å². The van der Waals surface area contributed by atoms with Crippen molar-refractivity contribution in [3.8, 4) is 18.2 Å². The molecule has 1 atom stereocenters. The predicted molar refractivity (Wildman–Crippen MR) is 78.4 cm³/mol. The van der Waals surface area contributed by atoms with Gasteiger partial charge < -0.3 is 4.74 Å². The van der Waals surface area contributed by atoms with E-state index in [1.54, 1.807) is 6.26 Å². The van der Waals surface area contributed by atoms with Crippen molar-refractivity contribution in [3.63, 3.8) is 0 Å². The van der Waals surface area contributed by atoms with Gasteiger partial charge in [0.25, 0.3) is 0 Å². The van der Waals surface area contributed by atoms with Crippen molar-refractivity contribution in [1.29, 1.82) is 15.8 Å². The Hall–Kier alpha value is -2.23. The number of nitriles is 3. The molecule has 0 saturated heterocycles. The number of carbonyl (C=O) groups excluding carboxylic acids is 1. The van der Waals surface area contributed by atoms with E-state index in [2.05, 4.69) is 4.74 Å². The molecule has 0 aromatic rings. The second-order valence-corrected chi connectivity index (χ2v) is 5.32. The lowest BCUT2D eigenvalue weighted by Gasteiger charge is -2.27. The van der Waals surface area contributed by atoms with Gasteiger partial charge in [-0.05, 0) is 31.1 Å². The van der Waals surface area contributed by atoms with Gasteiger partial charge in [0.05, 0.1) is 7.11 Å². The van der Waals surface area contributed by atoms with Gasteiger partial charge in [-0.3, -0.25) is 0 Å². The molecule has 1 fully saturated rings. The molecule has 0 N–H and O–H groups in total. The summed E-state index contributed by atoms with van der Waals surface area (Å²) >= 11 is 1.30. The maximum atomic E-state index is 11.7. The minimum absolute atomic E-state index is 0.0374. The highest BCUT2D eigenvalue weighted by molar-refractivity contribution is 8.02. The molecule has 0 bridgehead atoms. The first kappa shape index (κ1) is 16.8. The Labute approximate surface area is 128 Å². The summed E-state index contributed by atoms with van der Waals surface area (Å²) in [5.74, 6) is -0.904. The Balaban J connectivity index is 3.45. The summed E-state index contributed by atoms with van der Waals surface area (Å²) in [5.41, 5.74) is 0.783. The zero-order valence-electron chi connectivity index (χ0n) is 12.0. The van der Waals surface area contributed by atoms with Gasteiger partial charge in [0.2, 0.25) is 0 Å². The van der Waals surface area contributed by atoms with Gasteiger partial charge in [-0.25, -0.2) is 4.79 Å². The molecule has 0 amide bonds. The van der Waals surface area contributed by atoms with Crippen LogP contribution in [0.1, 0.15) is 25.7 Å². The average Bonchev–Trinajstić information content (AvgIpc) is 2.53. The van der Waals surface area contributed by atoms with Crippen LogP contribution in [0.5, 0.6) is 0 Å². The van der Waals surface area contributed by atoms with Crippen LogP contribution in [0.25, 0.3) is 0 Å². The fourth-order valence-electron chi connectivity index (χ4n) is 2.49. The molecule has 0 heterocycles. The number of carbonyl (C=O) groups is 1. The third-order valence-electron chi connectivity index (χ3n) is 3.44. The first-order valence-electron chi connectivity index (χ1n) is 6.44. The molecular weight excluding hydrogens is 286 g/mol. The summed E-state index contributed by atoms with van der Waals surface area (Å²) in [6.45, 7) is 0. The predicted octanol–water partition coefficient (Wildman–Crippen LogP) is 2.83. The van der Waals surface area contributed by atoms with Gasteiger partial charge in [0, 0.05) is 10.8 Å². The molecular formula is C15H15N3O2S. The monoisotopic (exact) mass is 301 g/mol. The molecule has 0 radical (unpaired) electrons. The first-order chi connectivity index (χ1) is 10.1. The van der Waals surface area contributed by atoms with Crippen LogP contribution in [-0.2, 0) is 9.53 Å². The lowest BCUT2D eigenvalue weighted by molar-refractivity contribution is -0.135. The van der Waals surface area contributed by atoms with E-state index in [-0.39, 0.29) is 17.1 Å². The fraction of sp³-hybridized carbons (Fsp3) is 0.467. The van der Waals surface area contributed by atoms with Crippen LogP contribution in [0.4, 0.5) is 0 Å². The number of rotatable bonds is 3. The number of methoxy groups -OCH3 is 1. The van der Waals surface area contributed by atoms with E-state index in [4.69, 9.17) is 10.5 Å². The first-order valence-corrected chi connectivity index (χ1v) is 7.66. The van der Waals surface area contributed by atoms with Crippen molar-refractivity contribution < 1.29 is 9.53 Å². The lowest BCUT2D eigenvalue weighted by atomic mass is 9.80. The Morgan fingerprint density at radius 2 is 1.90 bits per heavy atom. The summed E-state index contributed by atoms with van der Waals surface area (Å²) in [5, 5.41) is 27.4. The van der Waals surface area contributed by atoms with Crippen molar-refractivity contribution in [3.05, 3.63) is 21.6 Å². The molecule has 0 unspecified atom stereocenters. The Morgan fingerprint density at radius 1 is 1.24 bits per heavy atom. The standard InChI is InChI=1S/C15H15N3O2S/c1-20-15(19)13(9-18)14(21-2)12-6-4-3-5-11(12)10(7-16)8-17/h12H,3-6H2,1-2H3/b14-13+/t12-/m1/s1. The third-order valence-corrected chi connectivity index (χ3v) is 4.37. The van der Waals surface area contributed by atoms with Crippen molar-refractivity contribution in [2.24, 2.45) is 5.92 Å². The van der Waals surface area contributed by atoms with E-state index >= 15 is 0 Å². The van der Waals surface area contributed by atoms with Crippen LogP contribution < -0.4 is 0 Å². The summed E-state index contributed by atoms with van der Waals surface area (Å²) < 4.78 is 4.65. The number of thioether (sulfide) groups is 1. The van der Waals surface area contributed by atoms with Crippen molar-refractivity contribution in [2.75, 3.05) is 13.4 Å². The van der Waals surface area contributed by atoms with Gasteiger partial charge >= 0.3 is 5.97 Å². The number of ether oxygens (including phenoxy) is 1. The highest BCUT2D eigenvalue weighted by atomic mass is 32.2. The zero-order chi connectivity index (χ0) is 15.8. The molecule has 1 saturated carbocycles. The van der Waals surface area contributed by atoms with E-state index < -0.39 is 5.97 Å².